The van der Waals surface area contributed by atoms with Crippen molar-refractivity contribution in [3.8, 4) is 0 Å². The van der Waals surface area contributed by atoms with Crippen molar-refractivity contribution in [3.63, 3.8) is 0 Å². The van der Waals surface area contributed by atoms with E-state index in [1.165, 1.54) is 16.4 Å². The number of halogens is 1. The average Bonchev–Trinajstić information content (AvgIpc) is 3.24. The monoisotopic (exact) mass is 429 g/mol. The van der Waals surface area contributed by atoms with Gasteiger partial charge in [0.15, 0.2) is 0 Å². The maximum atomic E-state index is 12.9. The maximum absolute atomic E-state index is 12.9. The fourth-order valence-corrected chi connectivity index (χ4v) is 5.50. The number of benzene rings is 2. The highest BCUT2D eigenvalue weighted by Gasteiger charge is 2.29. The van der Waals surface area contributed by atoms with Gasteiger partial charge < -0.3 is 5.32 Å². The van der Waals surface area contributed by atoms with Gasteiger partial charge in [-0.2, -0.15) is 4.31 Å². The van der Waals surface area contributed by atoms with E-state index < -0.39 is 10.0 Å². The van der Waals surface area contributed by atoms with Gasteiger partial charge in [0.2, 0.25) is 10.0 Å². The number of hydrogen-bond acceptors (Lipinski definition) is 4. The minimum atomic E-state index is -3.69. The molecule has 0 radical (unpaired) electrons. The van der Waals surface area contributed by atoms with Crippen LogP contribution >= 0.6 is 11.6 Å². The molecule has 2 aromatic carbocycles. The first kappa shape index (κ1) is 19.8. The van der Waals surface area contributed by atoms with Crippen molar-refractivity contribution < 1.29 is 13.2 Å². The van der Waals surface area contributed by atoms with Crippen molar-refractivity contribution in [2.45, 2.75) is 24.7 Å². The van der Waals surface area contributed by atoms with E-state index in [0.29, 0.717) is 30.0 Å². The summed E-state index contributed by atoms with van der Waals surface area (Å²) in [4.78, 5) is 17.3. The summed E-state index contributed by atoms with van der Waals surface area (Å²) in [6.45, 7) is 2.74. The van der Waals surface area contributed by atoms with Crippen LogP contribution in [0.25, 0.3) is 10.9 Å². The summed E-state index contributed by atoms with van der Waals surface area (Å²) >= 11 is 6.17. The van der Waals surface area contributed by atoms with Crippen LogP contribution in [0.2, 0.25) is 5.02 Å². The Morgan fingerprint density at radius 3 is 2.59 bits per heavy atom. The minimum Gasteiger partial charge on any atom is -0.322 e. The summed E-state index contributed by atoms with van der Waals surface area (Å²) in [6.07, 6.45) is 1.67. The first-order chi connectivity index (χ1) is 13.9. The van der Waals surface area contributed by atoms with E-state index in [2.05, 4.69) is 10.3 Å². The molecule has 1 aliphatic rings. The number of hydrogen-bond donors (Lipinski definition) is 1. The van der Waals surface area contributed by atoms with Gasteiger partial charge in [-0.25, -0.2) is 8.42 Å². The Morgan fingerprint density at radius 2 is 1.83 bits per heavy atom. The highest BCUT2D eigenvalue weighted by atomic mass is 35.5. The number of sulfonamides is 1. The molecular formula is C21H20ClN3O3S. The van der Waals surface area contributed by atoms with Crippen LogP contribution in [0.5, 0.6) is 0 Å². The summed E-state index contributed by atoms with van der Waals surface area (Å²) in [7, 11) is -3.69. The largest absolute Gasteiger partial charge is 0.322 e. The summed E-state index contributed by atoms with van der Waals surface area (Å²) in [6, 6.07) is 13.8. The second kappa shape index (κ2) is 7.74. The Hall–Kier alpha value is -2.48. The SMILES string of the molecule is Cc1nc2ccccc2cc1C(=O)Nc1ccc(Cl)c(S(=O)(=O)N2CCCC2)c1. The molecule has 29 heavy (non-hydrogen) atoms. The molecule has 1 aromatic heterocycles. The molecule has 0 aliphatic carbocycles. The van der Waals surface area contributed by atoms with E-state index in [0.717, 1.165) is 23.7 Å². The Kier molecular flexibility index (Phi) is 5.29. The molecule has 1 fully saturated rings. The highest BCUT2D eigenvalue weighted by Crippen LogP contribution is 2.30. The number of para-hydroxylation sites is 1. The molecule has 0 unspecified atom stereocenters. The van der Waals surface area contributed by atoms with Crippen molar-refractivity contribution >= 4 is 44.1 Å². The van der Waals surface area contributed by atoms with Gasteiger partial charge in [-0.1, -0.05) is 29.8 Å². The van der Waals surface area contributed by atoms with E-state index in [9.17, 15) is 13.2 Å². The van der Waals surface area contributed by atoms with E-state index in [-0.39, 0.29) is 15.8 Å². The summed E-state index contributed by atoms with van der Waals surface area (Å²) in [5.74, 6) is -0.354. The van der Waals surface area contributed by atoms with Crippen molar-refractivity contribution in [2.24, 2.45) is 0 Å². The van der Waals surface area contributed by atoms with Crippen LogP contribution in [0.15, 0.2) is 53.4 Å². The van der Waals surface area contributed by atoms with Crippen LogP contribution in [-0.2, 0) is 10.0 Å². The molecule has 8 heteroatoms. The predicted octanol–water partition coefficient (Wildman–Crippen LogP) is 4.23. The first-order valence-corrected chi connectivity index (χ1v) is 11.2. The van der Waals surface area contributed by atoms with Crippen molar-refractivity contribution in [1.29, 1.82) is 0 Å². The number of anilines is 1. The van der Waals surface area contributed by atoms with Gasteiger partial charge in [0.05, 0.1) is 21.8 Å². The second-order valence-corrected chi connectivity index (χ2v) is 9.34. The normalized spacial score (nSPS) is 15.0. The number of carbonyl (C=O) groups excluding carboxylic acids is 1. The van der Waals surface area contributed by atoms with E-state index in [1.807, 2.05) is 24.3 Å². The maximum Gasteiger partial charge on any atom is 0.257 e. The lowest BCUT2D eigenvalue weighted by molar-refractivity contribution is 0.102. The van der Waals surface area contributed by atoms with Gasteiger partial charge in [0, 0.05) is 24.2 Å². The predicted molar refractivity (Wildman–Crippen MR) is 114 cm³/mol. The Bertz CT molecular complexity index is 1210. The topological polar surface area (TPSA) is 79.4 Å². The smallest absolute Gasteiger partial charge is 0.257 e. The van der Waals surface area contributed by atoms with Gasteiger partial charge in [-0.3, -0.25) is 9.78 Å². The quantitative estimate of drug-likeness (QED) is 0.672. The van der Waals surface area contributed by atoms with E-state index in [1.54, 1.807) is 19.1 Å². The van der Waals surface area contributed by atoms with Crippen LogP contribution in [0, 0.1) is 6.92 Å². The molecule has 4 rings (SSSR count). The summed E-state index contributed by atoms with van der Waals surface area (Å²) in [5.41, 5.74) is 2.21. The zero-order valence-electron chi connectivity index (χ0n) is 15.9. The van der Waals surface area contributed by atoms with Gasteiger partial charge >= 0.3 is 0 Å². The van der Waals surface area contributed by atoms with Crippen molar-refractivity contribution in [1.82, 2.24) is 9.29 Å². The fraction of sp³-hybridized carbons (Fsp3) is 0.238. The Labute approximate surface area is 174 Å². The van der Waals surface area contributed by atoms with E-state index >= 15 is 0 Å². The number of nitrogens with zero attached hydrogens (tertiary/aromatic N) is 2. The number of aryl methyl sites for hydroxylation is 1. The highest BCUT2D eigenvalue weighted by molar-refractivity contribution is 7.89. The van der Waals surface area contributed by atoms with Crippen LogP contribution in [0.1, 0.15) is 28.9 Å². The molecule has 2 heterocycles. The molecule has 150 valence electrons. The zero-order chi connectivity index (χ0) is 20.6. The minimum absolute atomic E-state index is 0.00669. The molecule has 0 saturated carbocycles. The third-order valence-electron chi connectivity index (χ3n) is 5.03. The van der Waals surface area contributed by atoms with Crippen LogP contribution in [0.4, 0.5) is 5.69 Å². The number of nitrogens with one attached hydrogen (secondary N) is 1. The number of aromatic nitrogens is 1. The molecule has 3 aromatic rings. The average molecular weight is 430 g/mol. The molecule has 1 N–H and O–H groups in total. The van der Waals surface area contributed by atoms with Gasteiger partial charge in [0.25, 0.3) is 5.91 Å². The molecule has 1 saturated heterocycles. The molecule has 0 bridgehead atoms. The summed E-state index contributed by atoms with van der Waals surface area (Å²) in [5, 5.41) is 3.77. The number of carbonyl (C=O) groups is 1. The Morgan fingerprint density at radius 1 is 1.10 bits per heavy atom. The van der Waals surface area contributed by atoms with Gasteiger partial charge in [-0.15, -0.1) is 0 Å². The molecule has 6 nitrogen and oxygen atoms in total. The first-order valence-electron chi connectivity index (χ1n) is 9.34. The van der Waals surface area contributed by atoms with Crippen LogP contribution in [0.3, 0.4) is 0 Å². The molecule has 1 aliphatic heterocycles. The fourth-order valence-electron chi connectivity index (χ4n) is 3.49. The number of pyridine rings is 1. The zero-order valence-corrected chi connectivity index (χ0v) is 17.4. The second-order valence-electron chi connectivity index (χ2n) is 7.02. The third kappa shape index (κ3) is 3.85. The number of amides is 1. The van der Waals surface area contributed by atoms with Crippen molar-refractivity contribution in [2.75, 3.05) is 18.4 Å². The standard InChI is InChI=1S/C21H20ClN3O3S/c1-14-17(12-15-6-2-3-7-19(15)23-14)21(26)24-16-8-9-18(22)20(13-16)29(27,28)25-10-4-5-11-25/h2-3,6-9,12-13H,4-5,10-11H2,1H3,(H,24,26). The molecule has 0 atom stereocenters. The summed E-state index contributed by atoms with van der Waals surface area (Å²) < 4.78 is 27.2. The lowest BCUT2D eigenvalue weighted by Crippen LogP contribution is -2.28. The van der Waals surface area contributed by atoms with Crippen LogP contribution in [-0.4, -0.2) is 36.7 Å². The third-order valence-corrected chi connectivity index (χ3v) is 7.41. The van der Waals surface area contributed by atoms with Crippen LogP contribution < -0.4 is 5.32 Å². The van der Waals surface area contributed by atoms with E-state index in [4.69, 9.17) is 11.6 Å². The lowest BCUT2D eigenvalue weighted by atomic mass is 10.1. The lowest BCUT2D eigenvalue weighted by Gasteiger charge is -2.17. The molecule has 0 spiro atoms. The number of fused-ring (bicyclic) bond motifs is 1. The molecule has 1 amide bonds. The Balaban J connectivity index is 1.65. The molecular weight excluding hydrogens is 410 g/mol. The van der Waals surface area contributed by atoms with Gasteiger partial charge in [-0.05, 0) is 50.1 Å². The number of rotatable bonds is 4. The van der Waals surface area contributed by atoms with Gasteiger partial charge in [0.1, 0.15) is 4.90 Å². The van der Waals surface area contributed by atoms with Crippen molar-refractivity contribution in [3.05, 3.63) is 64.8 Å².